The second-order valence-corrected chi connectivity index (χ2v) is 5.29. The SMILES string of the molecule is O=[N+]([O-])c1ccc(Cl)cc1OCc1cn2ccsc2n1. The number of rotatable bonds is 4. The van der Waals surface area contributed by atoms with Gasteiger partial charge in [-0.25, -0.2) is 4.98 Å². The van der Waals surface area contributed by atoms with Crippen molar-refractivity contribution in [3.63, 3.8) is 0 Å². The quantitative estimate of drug-likeness (QED) is 0.546. The van der Waals surface area contributed by atoms with Crippen molar-refractivity contribution in [2.45, 2.75) is 6.61 Å². The largest absolute Gasteiger partial charge is 0.480 e. The summed E-state index contributed by atoms with van der Waals surface area (Å²) in [6, 6.07) is 4.21. The van der Waals surface area contributed by atoms with Crippen LogP contribution in [0.3, 0.4) is 0 Å². The third kappa shape index (κ3) is 2.45. The Kier molecular flexibility index (Phi) is 3.29. The summed E-state index contributed by atoms with van der Waals surface area (Å²) in [5.41, 5.74) is 0.585. The van der Waals surface area contributed by atoms with Crippen molar-refractivity contribution in [3.05, 3.63) is 56.8 Å². The molecule has 0 aliphatic carbocycles. The molecule has 0 N–H and O–H groups in total. The monoisotopic (exact) mass is 309 g/mol. The molecular weight excluding hydrogens is 302 g/mol. The van der Waals surface area contributed by atoms with Gasteiger partial charge < -0.3 is 4.74 Å². The fraction of sp³-hybridized carbons (Fsp3) is 0.0833. The van der Waals surface area contributed by atoms with Crippen LogP contribution in [0.2, 0.25) is 5.02 Å². The van der Waals surface area contributed by atoms with Crippen molar-refractivity contribution >= 4 is 33.6 Å². The Morgan fingerprint density at radius 2 is 2.35 bits per heavy atom. The van der Waals surface area contributed by atoms with Crippen LogP contribution in [0.4, 0.5) is 5.69 Å². The number of nitrogens with zero attached hydrogens (tertiary/aromatic N) is 3. The van der Waals surface area contributed by atoms with E-state index in [2.05, 4.69) is 4.98 Å². The summed E-state index contributed by atoms with van der Waals surface area (Å²) < 4.78 is 7.34. The molecule has 0 bridgehead atoms. The van der Waals surface area contributed by atoms with Gasteiger partial charge in [-0.2, -0.15) is 0 Å². The molecule has 0 fully saturated rings. The topological polar surface area (TPSA) is 69.7 Å². The van der Waals surface area contributed by atoms with E-state index < -0.39 is 4.92 Å². The number of halogens is 1. The predicted molar refractivity (Wildman–Crippen MR) is 75.5 cm³/mol. The van der Waals surface area contributed by atoms with Crippen LogP contribution < -0.4 is 4.74 Å². The van der Waals surface area contributed by atoms with Gasteiger partial charge in [0, 0.05) is 34.9 Å². The highest BCUT2D eigenvalue weighted by Crippen LogP contribution is 2.30. The molecule has 1 aromatic carbocycles. The Hall–Kier alpha value is -2.12. The molecule has 0 saturated heterocycles. The van der Waals surface area contributed by atoms with Crippen molar-refractivity contribution < 1.29 is 9.66 Å². The minimum Gasteiger partial charge on any atom is -0.480 e. The Labute approximate surface area is 122 Å². The summed E-state index contributed by atoms with van der Waals surface area (Å²) in [4.78, 5) is 15.6. The van der Waals surface area contributed by atoms with Crippen molar-refractivity contribution in [2.75, 3.05) is 0 Å². The highest BCUT2D eigenvalue weighted by atomic mass is 35.5. The number of thiazole rings is 1. The molecule has 0 saturated carbocycles. The zero-order valence-electron chi connectivity index (χ0n) is 10.0. The predicted octanol–water partition coefficient (Wildman–Crippen LogP) is 3.54. The molecule has 6 nitrogen and oxygen atoms in total. The van der Waals surface area contributed by atoms with Crippen molar-refractivity contribution in [1.82, 2.24) is 9.38 Å². The molecule has 20 heavy (non-hydrogen) atoms. The molecule has 0 unspecified atom stereocenters. The first-order chi connectivity index (χ1) is 9.63. The number of imidazole rings is 1. The maximum absolute atomic E-state index is 10.9. The first-order valence-corrected chi connectivity index (χ1v) is 6.87. The molecule has 8 heteroatoms. The number of fused-ring (bicyclic) bond motifs is 1. The number of benzene rings is 1. The van der Waals surface area contributed by atoms with Gasteiger partial charge >= 0.3 is 5.69 Å². The van der Waals surface area contributed by atoms with Crippen LogP contribution in [0.25, 0.3) is 4.96 Å². The summed E-state index contributed by atoms with van der Waals surface area (Å²) in [6.45, 7) is 0.148. The lowest BCUT2D eigenvalue weighted by molar-refractivity contribution is -0.385. The Bertz CT molecular complexity index is 755. The molecule has 0 aliphatic rings. The molecule has 0 spiro atoms. The van der Waals surface area contributed by atoms with Gasteiger partial charge in [0.1, 0.15) is 6.61 Å². The standard InChI is InChI=1S/C12H8ClN3O3S/c13-8-1-2-10(16(17)18)11(5-8)19-7-9-6-15-3-4-20-12(15)14-9/h1-6H,7H2. The fourth-order valence-corrected chi connectivity index (χ4v) is 2.63. The number of hydrogen-bond acceptors (Lipinski definition) is 5. The average molecular weight is 310 g/mol. The summed E-state index contributed by atoms with van der Waals surface area (Å²) in [6.07, 6.45) is 3.71. The van der Waals surface area contributed by atoms with Gasteiger partial charge in [0.15, 0.2) is 10.7 Å². The number of nitro groups is 1. The Morgan fingerprint density at radius 3 is 3.10 bits per heavy atom. The normalized spacial score (nSPS) is 10.8. The smallest absolute Gasteiger partial charge is 0.311 e. The van der Waals surface area contributed by atoms with E-state index in [1.807, 2.05) is 22.2 Å². The van der Waals surface area contributed by atoms with E-state index in [1.54, 1.807) is 0 Å². The first kappa shape index (κ1) is 12.9. The summed E-state index contributed by atoms with van der Waals surface area (Å²) in [5.74, 6) is 0.138. The van der Waals surface area contributed by atoms with Crippen LogP contribution in [0, 0.1) is 10.1 Å². The molecule has 102 valence electrons. The van der Waals surface area contributed by atoms with E-state index in [0.29, 0.717) is 10.7 Å². The molecule has 2 aromatic heterocycles. The lowest BCUT2D eigenvalue weighted by atomic mass is 10.3. The maximum Gasteiger partial charge on any atom is 0.311 e. The minimum atomic E-state index is -0.503. The van der Waals surface area contributed by atoms with E-state index >= 15 is 0 Å². The third-order valence-corrected chi connectivity index (χ3v) is 3.64. The molecule has 0 amide bonds. The van der Waals surface area contributed by atoms with Crippen LogP contribution in [0.15, 0.2) is 36.0 Å². The number of nitro benzene ring substituents is 1. The molecular formula is C12H8ClN3O3S. The number of hydrogen-bond donors (Lipinski definition) is 0. The van der Waals surface area contributed by atoms with Crippen LogP contribution in [0.1, 0.15) is 5.69 Å². The lowest BCUT2D eigenvalue weighted by Gasteiger charge is -2.05. The zero-order valence-corrected chi connectivity index (χ0v) is 11.6. The molecule has 2 heterocycles. The van der Waals surface area contributed by atoms with E-state index in [0.717, 1.165) is 4.96 Å². The van der Waals surface area contributed by atoms with Gasteiger partial charge in [-0.1, -0.05) is 11.6 Å². The molecule has 0 atom stereocenters. The molecule has 0 aliphatic heterocycles. The highest BCUT2D eigenvalue weighted by Gasteiger charge is 2.16. The van der Waals surface area contributed by atoms with Crippen LogP contribution in [-0.2, 0) is 6.61 Å². The molecule has 3 rings (SSSR count). The van der Waals surface area contributed by atoms with Crippen molar-refractivity contribution in [2.24, 2.45) is 0 Å². The third-order valence-electron chi connectivity index (χ3n) is 2.64. The van der Waals surface area contributed by atoms with Crippen molar-refractivity contribution in [3.8, 4) is 5.75 Å². The zero-order chi connectivity index (χ0) is 14.1. The van der Waals surface area contributed by atoms with Crippen LogP contribution in [-0.4, -0.2) is 14.3 Å². The first-order valence-electron chi connectivity index (χ1n) is 5.61. The number of ether oxygens (including phenoxy) is 1. The Balaban J connectivity index is 1.82. The van der Waals surface area contributed by atoms with E-state index in [-0.39, 0.29) is 18.0 Å². The van der Waals surface area contributed by atoms with Gasteiger partial charge in [0.05, 0.1) is 10.6 Å². The van der Waals surface area contributed by atoms with Gasteiger partial charge in [-0.15, -0.1) is 11.3 Å². The van der Waals surface area contributed by atoms with E-state index in [4.69, 9.17) is 16.3 Å². The lowest BCUT2D eigenvalue weighted by Crippen LogP contribution is -1.99. The molecule has 3 aromatic rings. The maximum atomic E-state index is 10.9. The van der Waals surface area contributed by atoms with Gasteiger partial charge in [0.25, 0.3) is 0 Å². The second-order valence-electron chi connectivity index (χ2n) is 3.98. The van der Waals surface area contributed by atoms with Gasteiger partial charge in [-0.05, 0) is 6.07 Å². The van der Waals surface area contributed by atoms with Crippen molar-refractivity contribution in [1.29, 1.82) is 0 Å². The average Bonchev–Trinajstić information content (AvgIpc) is 2.96. The second kappa shape index (κ2) is 5.10. The molecule has 0 radical (unpaired) electrons. The van der Waals surface area contributed by atoms with Crippen LogP contribution in [0.5, 0.6) is 5.75 Å². The highest BCUT2D eigenvalue weighted by molar-refractivity contribution is 7.15. The van der Waals surface area contributed by atoms with E-state index in [9.17, 15) is 10.1 Å². The summed E-state index contributed by atoms with van der Waals surface area (Å²) >= 11 is 7.34. The van der Waals surface area contributed by atoms with Gasteiger partial charge in [0.2, 0.25) is 0 Å². The number of aromatic nitrogens is 2. The minimum absolute atomic E-state index is 0.115. The summed E-state index contributed by atoms with van der Waals surface area (Å²) in [7, 11) is 0. The van der Waals surface area contributed by atoms with Gasteiger partial charge in [-0.3, -0.25) is 14.5 Å². The Morgan fingerprint density at radius 1 is 1.50 bits per heavy atom. The van der Waals surface area contributed by atoms with E-state index in [1.165, 1.54) is 29.5 Å². The fourth-order valence-electron chi connectivity index (χ4n) is 1.75. The van der Waals surface area contributed by atoms with Crippen LogP contribution >= 0.6 is 22.9 Å². The summed E-state index contributed by atoms with van der Waals surface area (Å²) in [5, 5.41) is 13.2.